The maximum Gasteiger partial charge on any atom is 0.519 e. The van der Waals surface area contributed by atoms with E-state index in [0.717, 1.165) is 47.9 Å². The summed E-state index contributed by atoms with van der Waals surface area (Å²) in [7, 11) is 0. The van der Waals surface area contributed by atoms with Crippen molar-refractivity contribution in [1.82, 2.24) is 0 Å². The van der Waals surface area contributed by atoms with E-state index in [9.17, 15) is 4.79 Å². The van der Waals surface area contributed by atoms with Gasteiger partial charge in [-0.1, -0.05) is 63.1 Å². The van der Waals surface area contributed by atoms with Crippen LogP contribution < -0.4 is 9.47 Å². The molecule has 0 saturated carbocycles. The van der Waals surface area contributed by atoms with E-state index in [4.69, 9.17) is 9.47 Å². The van der Waals surface area contributed by atoms with Crippen LogP contribution in [0.2, 0.25) is 0 Å². The molecule has 0 saturated heterocycles. The molecule has 0 amide bonds. The van der Waals surface area contributed by atoms with Crippen LogP contribution in [0.25, 0.3) is 0 Å². The lowest BCUT2D eigenvalue weighted by Crippen LogP contribution is -2.17. The summed E-state index contributed by atoms with van der Waals surface area (Å²) in [6.45, 7) is 8.10. The van der Waals surface area contributed by atoms with E-state index < -0.39 is 6.16 Å². The van der Waals surface area contributed by atoms with Gasteiger partial charge in [-0.2, -0.15) is 0 Å². The van der Waals surface area contributed by atoms with Gasteiger partial charge < -0.3 is 9.47 Å². The van der Waals surface area contributed by atoms with Gasteiger partial charge in [0, 0.05) is 0 Å². The van der Waals surface area contributed by atoms with Gasteiger partial charge in [0.15, 0.2) is 0 Å². The fraction of sp³-hybridized carbons (Fsp3) is 0.381. The summed E-state index contributed by atoms with van der Waals surface area (Å²) in [5.41, 5.74) is 3.95. The molecule has 2 aromatic carbocycles. The fourth-order valence-electron chi connectivity index (χ4n) is 2.84. The van der Waals surface area contributed by atoms with Crippen molar-refractivity contribution in [3.8, 4) is 11.5 Å². The van der Waals surface area contributed by atoms with Crippen molar-refractivity contribution < 1.29 is 14.3 Å². The summed E-state index contributed by atoms with van der Waals surface area (Å²) in [6.07, 6.45) is 3.06. The summed E-state index contributed by atoms with van der Waals surface area (Å²) in [5, 5.41) is 0. The molecule has 128 valence electrons. The second-order valence-electron chi connectivity index (χ2n) is 6.08. The van der Waals surface area contributed by atoms with Gasteiger partial charge in [0.1, 0.15) is 11.5 Å². The first-order valence-corrected chi connectivity index (χ1v) is 8.63. The highest BCUT2D eigenvalue weighted by atomic mass is 16.7. The summed E-state index contributed by atoms with van der Waals surface area (Å²) in [4.78, 5) is 12.4. The minimum absolute atomic E-state index is 0.620. The Morgan fingerprint density at radius 2 is 1.21 bits per heavy atom. The molecule has 0 aliphatic heterocycles. The average Bonchev–Trinajstić information content (AvgIpc) is 2.54. The van der Waals surface area contributed by atoms with E-state index in [1.807, 2.05) is 50.2 Å². The van der Waals surface area contributed by atoms with E-state index in [1.165, 1.54) is 0 Å². The van der Waals surface area contributed by atoms with Gasteiger partial charge in [-0.05, 0) is 48.9 Å². The van der Waals surface area contributed by atoms with Gasteiger partial charge in [-0.15, -0.1) is 0 Å². The number of rotatable bonds is 6. The summed E-state index contributed by atoms with van der Waals surface area (Å²) in [6, 6.07) is 11.8. The monoisotopic (exact) mass is 326 g/mol. The van der Waals surface area contributed by atoms with Crippen LogP contribution in [0.4, 0.5) is 4.79 Å². The van der Waals surface area contributed by atoms with E-state index >= 15 is 0 Å². The van der Waals surface area contributed by atoms with Crippen LogP contribution in [0.1, 0.15) is 48.9 Å². The molecule has 0 N–H and O–H groups in total. The van der Waals surface area contributed by atoms with Crippen LogP contribution in [0.5, 0.6) is 11.5 Å². The molecule has 0 aliphatic carbocycles. The Kier molecular flexibility index (Phi) is 6.42. The van der Waals surface area contributed by atoms with Gasteiger partial charge in [0.05, 0.1) is 0 Å². The molecular formula is C21H26O3. The summed E-state index contributed by atoms with van der Waals surface area (Å²) >= 11 is 0. The van der Waals surface area contributed by atoms with Gasteiger partial charge >= 0.3 is 6.16 Å². The number of benzene rings is 2. The highest BCUT2D eigenvalue weighted by Gasteiger charge is 2.16. The molecule has 24 heavy (non-hydrogen) atoms. The van der Waals surface area contributed by atoms with Crippen molar-refractivity contribution in [3.63, 3.8) is 0 Å². The number of carbonyl (C=O) groups is 1. The van der Waals surface area contributed by atoms with Crippen LogP contribution in [0.15, 0.2) is 36.4 Å². The summed E-state index contributed by atoms with van der Waals surface area (Å²) < 4.78 is 11.1. The molecule has 0 unspecified atom stereocenters. The number of ether oxygens (including phenoxy) is 2. The normalized spacial score (nSPS) is 10.5. The van der Waals surface area contributed by atoms with Crippen molar-refractivity contribution in [3.05, 3.63) is 58.7 Å². The lowest BCUT2D eigenvalue weighted by atomic mass is 10.1. The maximum absolute atomic E-state index is 12.4. The van der Waals surface area contributed by atoms with E-state index in [-0.39, 0.29) is 0 Å². The molecule has 0 spiro atoms. The number of hydrogen-bond donors (Lipinski definition) is 0. The van der Waals surface area contributed by atoms with Gasteiger partial charge in [-0.3, -0.25) is 0 Å². The quantitative estimate of drug-likeness (QED) is 0.498. The standard InChI is InChI=1S/C21H26O3/c1-5-9-17-13-7-11-15(3)19(17)23-21(22)24-20-16(4)12-8-14-18(20)10-6-2/h7-8,11-14H,5-6,9-10H2,1-4H3. The molecule has 0 aliphatic rings. The van der Waals surface area contributed by atoms with E-state index in [1.54, 1.807) is 0 Å². The highest BCUT2D eigenvalue weighted by molar-refractivity contribution is 5.69. The molecule has 0 fully saturated rings. The largest absolute Gasteiger partial charge is 0.519 e. The predicted octanol–water partition coefficient (Wildman–Crippen LogP) is 5.79. The first-order valence-electron chi connectivity index (χ1n) is 8.63. The first-order chi connectivity index (χ1) is 11.6. The highest BCUT2D eigenvalue weighted by Crippen LogP contribution is 2.28. The zero-order chi connectivity index (χ0) is 17.5. The zero-order valence-corrected chi connectivity index (χ0v) is 15.0. The Morgan fingerprint density at radius 3 is 1.58 bits per heavy atom. The van der Waals surface area contributed by atoms with E-state index in [2.05, 4.69) is 13.8 Å². The Bertz CT molecular complexity index is 645. The lowest BCUT2D eigenvalue weighted by molar-refractivity contribution is 0.150. The third-order valence-corrected chi connectivity index (χ3v) is 4.00. The van der Waals surface area contributed by atoms with Crippen molar-refractivity contribution in [2.45, 2.75) is 53.4 Å². The predicted molar refractivity (Wildman–Crippen MR) is 97.0 cm³/mol. The Morgan fingerprint density at radius 1 is 0.792 bits per heavy atom. The van der Waals surface area contributed by atoms with Gasteiger partial charge in [0.25, 0.3) is 0 Å². The number of hydrogen-bond acceptors (Lipinski definition) is 3. The zero-order valence-electron chi connectivity index (χ0n) is 15.0. The third-order valence-electron chi connectivity index (χ3n) is 4.00. The second-order valence-corrected chi connectivity index (χ2v) is 6.08. The minimum atomic E-state index is -0.673. The van der Waals surface area contributed by atoms with Crippen molar-refractivity contribution in [2.24, 2.45) is 0 Å². The molecule has 0 heterocycles. The third kappa shape index (κ3) is 4.38. The molecule has 0 radical (unpaired) electrons. The SMILES string of the molecule is CCCc1cccc(C)c1OC(=O)Oc1c(C)cccc1CCC. The molecule has 0 aromatic heterocycles. The Balaban J connectivity index is 2.21. The Labute approximate surface area is 144 Å². The van der Waals surface area contributed by atoms with Crippen LogP contribution in [0, 0.1) is 13.8 Å². The number of aryl methyl sites for hydroxylation is 4. The summed E-state index contributed by atoms with van der Waals surface area (Å²) in [5.74, 6) is 1.24. The first kappa shape index (κ1) is 18.1. The van der Waals surface area contributed by atoms with Crippen LogP contribution in [-0.4, -0.2) is 6.16 Å². The van der Waals surface area contributed by atoms with Crippen LogP contribution >= 0.6 is 0 Å². The van der Waals surface area contributed by atoms with Crippen LogP contribution in [-0.2, 0) is 12.8 Å². The van der Waals surface area contributed by atoms with Crippen molar-refractivity contribution in [1.29, 1.82) is 0 Å². The Hall–Kier alpha value is -2.29. The smallest absolute Gasteiger partial charge is 0.394 e. The maximum atomic E-state index is 12.4. The molecule has 2 aromatic rings. The number of para-hydroxylation sites is 2. The van der Waals surface area contributed by atoms with E-state index in [0.29, 0.717) is 11.5 Å². The minimum Gasteiger partial charge on any atom is -0.394 e. The van der Waals surface area contributed by atoms with Crippen molar-refractivity contribution in [2.75, 3.05) is 0 Å². The fourth-order valence-corrected chi connectivity index (χ4v) is 2.84. The van der Waals surface area contributed by atoms with Gasteiger partial charge in [-0.25, -0.2) is 4.79 Å². The average molecular weight is 326 g/mol. The molecule has 3 heteroatoms. The van der Waals surface area contributed by atoms with Crippen LogP contribution in [0.3, 0.4) is 0 Å². The van der Waals surface area contributed by atoms with Gasteiger partial charge in [0.2, 0.25) is 0 Å². The molecule has 2 rings (SSSR count). The van der Waals surface area contributed by atoms with Crippen molar-refractivity contribution >= 4 is 6.16 Å². The molecular weight excluding hydrogens is 300 g/mol. The molecule has 3 nitrogen and oxygen atoms in total. The number of carbonyl (C=O) groups excluding carboxylic acids is 1. The molecule has 0 atom stereocenters. The lowest BCUT2D eigenvalue weighted by Gasteiger charge is -2.15. The molecule has 0 bridgehead atoms. The second kappa shape index (κ2) is 8.53. The topological polar surface area (TPSA) is 35.5 Å².